The molecule has 0 bridgehead atoms. The maximum Gasteiger partial charge on any atom is 0.134 e. The molecular formula is C10H14N4O. The van der Waals surface area contributed by atoms with Gasteiger partial charge in [-0.3, -0.25) is 0 Å². The number of aliphatic hydroxyl groups excluding tert-OH is 1. The summed E-state index contributed by atoms with van der Waals surface area (Å²) in [6.45, 7) is 3.64. The predicted molar refractivity (Wildman–Crippen MR) is 55.2 cm³/mol. The molecule has 0 aliphatic carbocycles. The van der Waals surface area contributed by atoms with Crippen LogP contribution in [0.2, 0.25) is 0 Å². The Kier molecular flexibility index (Phi) is 2.82. The Morgan fingerprint density at radius 3 is 3.00 bits per heavy atom. The first-order valence-corrected chi connectivity index (χ1v) is 4.95. The van der Waals surface area contributed by atoms with Gasteiger partial charge in [-0.05, 0) is 6.92 Å². The van der Waals surface area contributed by atoms with Gasteiger partial charge in [0.15, 0.2) is 0 Å². The number of aryl methyl sites for hydroxylation is 1. The van der Waals surface area contributed by atoms with Gasteiger partial charge in [0.05, 0.1) is 18.6 Å². The zero-order valence-corrected chi connectivity index (χ0v) is 8.67. The molecule has 15 heavy (non-hydrogen) atoms. The molecule has 0 aliphatic rings. The number of aromatic nitrogens is 4. The van der Waals surface area contributed by atoms with E-state index in [4.69, 9.17) is 5.11 Å². The molecule has 2 rings (SSSR count). The van der Waals surface area contributed by atoms with Crippen molar-refractivity contribution in [3.63, 3.8) is 0 Å². The minimum Gasteiger partial charge on any atom is -0.388 e. The highest BCUT2D eigenvalue weighted by molar-refractivity contribution is 5.02. The molecule has 5 nitrogen and oxygen atoms in total. The normalized spacial score (nSPS) is 10.8. The van der Waals surface area contributed by atoms with E-state index < -0.39 is 0 Å². The van der Waals surface area contributed by atoms with Crippen molar-refractivity contribution in [1.29, 1.82) is 0 Å². The molecule has 5 heteroatoms. The van der Waals surface area contributed by atoms with Gasteiger partial charge in [-0.1, -0.05) is 0 Å². The largest absolute Gasteiger partial charge is 0.388 e. The number of aliphatic hydroxyl groups is 1. The molecule has 0 saturated carbocycles. The molecule has 80 valence electrons. The first-order valence-electron chi connectivity index (χ1n) is 4.95. The van der Waals surface area contributed by atoms with Gasteiger partial charge in [-0.25, -0.2) is 9.97 Å². The molecule has 1 N–H and O–H groups in total. The van der Waals surface area contributed by atoms with Gasteiger partial charge in [-0.15, -0.1) is 0 Å². The minimum absolute atomic E-state index is 0.0345. The summed E-state index contributed by atoms with van der Waals surface area (Å²) in [6, 6.07) is 0. The van der Waals surface area contributed by atoms with Crippen molar-refractivity contribution in [3.8, 4) is 0 Å². The average molecular weight is 206 g/mol. The van der Waals surface area contributed by atoms with Gasteiger partial charge in [0.1, 0.15) is 12.4 Å². The Balaban J connectivity index is 2.21. The van der Waals surface area contributed by atoms with Crippen LogP contribution < -0.4 is 0 Å². The Morgan fingerprint density at radius 2 is 2.27 bits per heavy atom. The molecule has 0 fully saturated rings. The second-order valence-electron chi connectivity index (χ2n) is 3.30. The van der Waals surface area contributed by atoms with Gasteiger partial charge in [-0.2, -0.15) is 0 Å². The van der Waals surface area contributed by atoms with Crippen molar-refractivity contribution < 1.29 is 5.11 Å². The van der Waals surface area contributed by atoms with Gasteiger partial charge < -0.3 is 14.2 Å². The molecule has 0 amide bonds. The van der Waals surface area contributed by atoms with Crippen LogP contribution in [0.4, 0.5) is 0 Å². The average Bonchev–Trinajstić information content (AvgIpc) is 2.87. The molecule has 2 aromatic rings. The number of rotatable bonds is 4. The van der Waals surface area contributed by atoms with Crippen molar-refractivity contribution in [2.75, 3.05) is 0 Å². The highest BCUT2D eigenvalue weighted by Gasteiger charge is 2.05. The summed E-state index contributed by atoms with van der Waals surface area (Å²) in [6.07, 6.45) is 7.20. The summed E-state index contributed by atoms with van der Waals surface area (Å²) < 4.78 is 3.99. The van der Waals surface area contributed by atoms with Crippen molar-refractivity contribution in [2.45, 2.75) is 26.6 Å². The Hall–Kier alpha value is -1.62. The molecule has 0 saturated heterocycles. The van der Waals surface area contributed by atoms with Crippen molar-refractivity contribution in [3.05, 3.63) is 36.4 Å². The predicted octanol–water partition coefficient (Wildman–Crippen LogP) is 0.640. The number of hydrogen-bond acceptors (Lipinski definition) is 3. The fourth-order valence-corrected chi connectivity index (χ4v) is 1.57. The summed E-state index contributed by atoms with van der Waals surface area (Å²) in [4.78, 5) is 8.15. The van der Waals surface area contributed by atoms with E-state index in [9.17, 15) is 0 Å². The van der Waals surface area contributed by atoms with Crippen LogP contribution >= 0.6 is 0 Å². The molecular weight excluding hydrogens is 192 g/mol. The van der Waals surface area contributed by atoms with Crippen LogP contribution in [-0.4, -0.2) is 24.2 Å². The van der Waals surface area contributed by atoms with Crippen LogP contribution in [0.15, 0.2) is 24.9 Å². The second-order valence-corrected chi connectivity index (χ2v) is 3.30. The van der Waals surface area contributed by atoms with Crippen LogP contribution in [0.5, 0.6) is 0 Å². The van der Waals surface area contributed by atoms with E-state index in [1.54, 1.807) is 6.20 Å². The fraction of sp³-hybridized carbons (Fsp3) is 0.400. The van der Waals surface area contributed by atoms with Crippen LogP contribution in [0, 0.1) is 0 Å². The van der Waals surface area contributed by atoms with E-state index in [-0.39, 0.29) is 6.61 Å². The van der Waals surface area contributed by atoms with Crippen molar-refractivity contribution >= 4 is 0 Å². The standard InChI is InChI=1S/C10H14N4O/c1-2-13-8-11-5-9(13)6-14-4-3-12-10(14)7-15/h3-5,8,15H,2,6-7H2,1H3. The fourth-order valence-electron chi connectivity index (χ4n) is 1.57. The lowest BCUT2D eigenvalue weighted by Gasteiger charge is -2.07. The monoisotopic (exact) mass is 206 g/mol. The molecule has 0 atom stereocenters. The van der Waals surface area contributed by atoms with Crippen LogP contribution in [-0.2, 0) is 19.7 Å². The molecule has 0 aromatic carbocycles. The Morgan fingerprint density at radius 1 is 1.40 bits per heavy atom. The zero-order valence-electron chi connectivity index (χ0n) is 8.67. The van der Waals surface area contributed by atoms with E-state index in [1.165, 1.54) is 0 Å². The summed E-state index contributed by atoms with van der Waals surface area (Å²) in [7, 11) is 0. The minimum atomic E-state index is -0.0345. The molecule has 0 aliphatic heterocycles. The smallest absolute Gasteiger partial charge is 0.134 e. The maximum atomic E-state index is 9.06. The Labute approximate surface area is 88.0 Å². The molecule has 0 unspecified atom stereocenters. The summed E-state index contributed by atoms with van der Waals surface area (Å²) >= 11 is 0. The van der Waals surface area contributed by atoms with Gasteiger partial charge in [0, 0.05) is 25.1 Å². The molecule has 0 spiro atoms. The van der Waals surface area contributed by atoms with E-state index in [2.05, 4.69) is 21.5 Å². The SMILES string of the molecule is CCn1cncc1Cn1ccnc1CO. The third-order valence-corrected chi connectivity index (χ3v) is 2.41. The molecule has 0 radical (unpaired) electrons. The van der Waals surface area contributed by atoms with Gasteiger partial charge in [0.2, 0.25) is 0 Å². The first kappa shape index (κ1) is 9.92. The van der Waals surface area contributed by atoms with E-state index in [0.29, 0.717) is 12.4 Å². The van der Waals surface area contributed by atoms with E-state index in [0.717, 1.165) is 12.2 Å². The van der Waals surface area contributed by atoms with Crippen LogP contribution in [0.1, 0.15) is 18.4 Å². The van der Waals surface area contributed by atoms with Crippen molar-refractivity contribution in [1.82, 2.24) is 19.1 Å². The summed E-state index contributed by atoms with van der Waals surface area (Å²) in [5, 5.41) is 9.06. The van der Waals surface area contributed by atoms with E-state index in [1.807, 2.05) is 23.3 Å². The molecule has 2 aromatic heterocycles. The quantitative estimate of drug-likeness (QED) is 0.798. The first-order chi connectivity index (χ1) is 7.35. The summed E-state index contributed by atoms with van der Waals surface area (Å²) in [5.74, 6) is 0.679. The maximum absolute atomic E-state index is 9.06. The topological polar surface area (TPSA) is 55.9 Å². The third-order valence-electron chi connectivity index (χ3n) is 2.41. The third kappa shape index (κ3) is 1.92. The lowest BCUT2D eigenvalue weighted by molar-refractivity contribution is 0.266. The van der Waals surface area contributed by atoms with Gasteiger partial charge >= 0.3 is 0 Å². The van der Waals surface area contributed by atoms with Crippen molar-refractivity contribution in [2.24, 2.45) is 0 Å². The molecule has 2 heterocycles. The lowest BCUT2D eigenvalue weighted by atomic mass is 10.4. The second kappa shape index (κ2) is 4.27. The highest BCUT2D eigenvalue weighted by Crippen LogP contribution is 2.05. The number of hydrogen-bond donors (Lipinski definition) is 1. The van der Waals surface area contributed by atoms with Crippen LogP contribution in [0.25, 0.3) is 0 Å². The lowest BCUT2D eigenvalue weighted by Crippen LogP contribution is -2.08. The van der Waals surface area contributed by atoms with E-state index >= 15 is 0 Å². The highest BCUT2D eigenvalue weighted by atomic mass is 16.3. The zero-order chi connectivity index (χ0) is 10.7. The van der Waals surface area contributed by atoms with Crippen LogP contribution in [0.3, 0.4) is 0 Å². The Bertz CT molecular complexity index is 392. The number of nitrogens with zero attached hydrogens (tertiary/aromatic N) is 4. The van der Waals surface area contributed by atoms with Gasteiger partial charge in [0.25, 0.3) is 0 Å². The summed E-state index contributed by atoms with van der Waals surface area (Å²) in [5.41, 5.74) is 1.12. The number of imidazole rings is 2.